The first-order chi connectivity index (χ1) is 64.9. The highest BCUT2D eigenvalue weighted by Gasteiger charge is 2.38. The molecular formula is C101H120F5N25O5. The smallest absolute Gasteiger partial charge is 0.272 e. The lowest BCUT2D eigenvalue weighted by Gasteiger charge is -2.31. The third-order valence-corrected chi connectivity index (χ3v) is 28.2. The summed E-state index contributed by atoms with van der Waals surface area (Å²) in [5, 5.41) is 72.2. The zero-order valence-corrected chi connectivity index (χ0v) is 79.1. The Morgan fingerprint density at radius 1 is 0.375 bits per heavy atom. The van der Waals surface area contributed by atoms with Gasteiger partial charge < -0.3 is 31.2 Å². The van der Waals surface area contributed by atoms with E-state index in [1.807, 2.05) is 196 Å². The van der Waals surface area contributed by atoms with Crippen molar-refractivity contribution < 1.29 is 45.9 Å². The van der Waals surface area contributed by atoms with E-state index in [1.54, 1.807) is 39.3 Å². The number of halogens is 5. The Kier molecular flexibility index (Phi) is 26.8. The molecule has 0 radical (unpaired) electrons. The number of aryl methyl sites for hydroxylation is 5. The van der Waals surface area contributed by atoms with Crippen LogP contribution < -0.4 is 26.6 Å². The lowest BCUT2D eigenvalue weighted by Crippen LogP contribution is -2.40. The summed E-state index contributed by atoms with van der Waals surface area (Å²) in [4.78, 5) is 68.2. The van der Waals surface area contributed by atoms with Gasteiger partial charge in [-0.3, -0.25) is 68.2 Å². The Bertz CT molecular complexity index is 6520. The highest BCUT2D eigenvalue weighted by Crippen LogP contribution is 2.41. The Balaban J connectivity index is 0.000000118. The maximum absolute atomic E-state index is 14.0. The number of alkyl halides is 5. The number of aromatic amines is 5. The van der Waals surface area contributed by atoms with Crippen LogP contribution in [-0.2, 0) is 27.7 Å². The first-order valence-electron chi connectivity index (χ1n) is 47.4. The zero-order chi connectivity index (χ0) is 95.9. The quantitative estimate of drug-likeness (QED) is 0.0379. The SMILES string of the molecule is CC1(F)CCC(NC(=O)c2n[nH]c3ccc(-c4cnn(C5CC5)c4)cc23)CC1.CCn1cc(-c2ccc3[nH]nc(C(=O)NC4CCC(C)(F)CC4)c3c2)cn1.Cc1c(-c2ccc3[nH]nc(C(=O)NC4CCC(C)(F)CC4)c3c2)cnn1C.Cc1ncc(-c2ccc3[nH]nc(C(=O)NC4CCC(C)(F)CC4)c3c2)n1C.Cc1nn(C)cc1-c1ccc2[nH]nc(C(=O)NC3CCC(C)(F)CC3)c2c1. The monoisotopic (exact) mass is 1860 g/mol. The first kappa shape index (κ1) is 94.3. The summed E-state index contributed by atoms with van der Waals surface area (Å²) in [5.41, 5.74) is 12.4. The molecule has 136 heavy (non-hydrogen) atoms. The minimum Gasteiger partial charge on any atom is -0.348 e. The fourth-order valence-corrected chi connectivity index (χ4v) is 19.0. The number of H-pyrrole nitrogens is 5. The van der Waals surface area contributed by atoms with Gasteiger partial charge in [0.05, 0.1) is 69.8 Å². The van der Waals surface area contributed by atoms with E-state index >= 15 is 0 Å². The van der Waals surface area contributed by atoms with Crippen LogP contribution in [0.1, 0.15) is 258 Å². The summed E-state index contributed by atoms with van der Waals surface area (Å²) in [6.45, 7) is 16.9. The van der Waals surface area contributed by atoms with E-state index in [0.29, 0.717) is 163 Å². The molecule has 0 aliphatic heterocycles. The van der Waals surface area contributed by atoms with Crippen LogP contribution in [0.15, 0.2) is 134 Å². The number of hydrogen-bond donors (Lipinski definition) is 10. The topological polar surface area (TPSA) is 378 Å². The van der Waals surface area contributed by atoms with Crippen molar-refractivity contribution in [1.82, 2.24) is 126 Å². The number of amides is 5. The second-order valence-corrected chi connectivity index (χ2v) is 39.3. The van der Waals surface area contributed by atoms with Crippen LogP contribution in [0.5, 0.6) is 0 Å². The Labute approximate surface area is 783 Å². The molecule has 10 heterocycles. The molecule has 0 spiro atoms. The van der Waals surface area contributed by atoms with Crippen LogP contribution in [0.3, 0.4) is 0 Å². The molecule has 5 amide bonds. The van der Waals surface area contributed by atoms with E-state index < -0.39 is 28.3 Å². The summed E-state index contributed by atoms with van der Waals surface area (Å²) < 4.78 is 79.3. The molecule has 10 N–H and O–H groups in total. The average Bonchev–Trinajstić information content (AvgIpc) is 1.66. The summed E-state index contributed by atoms with van der Waals surface area (Å²) in [7, 11) is 5.76. The van der Waals surface area contributed by atoms with Crippen molar-refractivity contribution in [2.45, 2.75) is 275 Å². The van der Waals surface area contributed by atoms with Crippen LogP contribution in [-0.4, -0.2) is 188 Å². The number of hydrogen-bond acceptors (Lipinski definition) is 15. The van der Waals surface area contributed by atoms with Gasteiger partial charge in [-0.15, -0.1) is 0 Å². The normalized spacial score (nSPS) is 23.3. The maximum Gasteiger partial charge on any atom is 0.272 e. The summed E-state index contributed by atoms with van der Waals surface area (Å²) in [5.74, 6) is -0.137. The first-order valence-corrected chi connectivity index (χ1v) is 47.4. The molecule has 6 aliphatic carbocycles. The highest BCUT2D eigenvalue weighted by atomic mass is 19.2. The predicted octanol–water partition coefficient (Wildman–Crippen LogP) is 19.0. The van der Waals surface area contributed by atoms with E-state index in [2.05, 4.69) is 109 Å². The fourth-order valence-electron chi connectivity index (χ4n) is 19.0. The molecule has 0 saturated heterocycles. The lowest BCUT2D eigenvalue weighted by molar-refractivity contribution is 0.0844. The number of fused-ring (bicyclic) bond motifs is 5. The second kappa shape index (κ2) is 38.7. The number of aromatic nitrogens is 20. The van der Waals surface area contributed by atoms with Crippen molar-refractivity contribution >= 4 is 84.1 Å². The Morgan fingerprint density at radius 3 is 0.993 bits per heavy atom. The predicted molar refractivity (Wildman–Crippen MR) is 514 cm³/mol. The van der Waals surface area contributed by atoms with Gasteiger partial charge in [0.15, 0.2) is 28.5 Å². The minimum atomic E-state index is -1.11. The molecule has 6 aliphatic rings. The van der Waals surface area contributed by atoms with Crippen molar-refractivity contribution in [2.24, 2.45) is 21.1 Å². The average molecular weight is 1860 g/mol. The second-order valence-electron chi connectivity index (χ2n) is 39.3. The van der Waals surface area contributed by atoms with Crippen LogP contribution >= 0.6 is 0 Å². The van der Waals surface area contributed by atoms with Gasteiger partial charge in [-0.2, -0.15) is 45.9 Å². The standard InChI is InChI=1S/C21H24FN5O.4C20H24FN5O/c1-21(22)8-6-15(7-9-21)24-20(28)19-17-10-13(2-5-18(17)25-26-19)14-11-23-27(12-14)16-3-4-16;1-12-16(11-26(3)25-12)13-4-5-17-15(10-13)18(24-23-17)19(27)22-14-6-8-20(2,21)9-7-14;1-12-16(11-22-26(12)3)13-4-5-17-15(10-13)18(25-24-17)19(27)23-14-6-8-20(2,21)9-7-14;1-12-22-11-17(26(12)3)13-4-5-16-15(10-13)18(25-24-16)19(27)23-14-6-8-20(2,21)9-7-14;1-3-26-12-14(11-22-26)13-4-5-17-16(10-13)18(25-24-17)19(27)23-15-6-8-20(2,21)9-7-15/h2,5,10-12,15-16H,3-4,6-9H2,1H3,(H,24,28)(H,25,26);4-5,10-11,14H,6-9H2,1-3H3,(H,22,27)(H,23,24);2*4-5,10-11,14H,6-9H2,1-3H3,(H,23,27)(H,24,25);4-5,10-12,15H,3,6-9H2,1-2H3,(H,23,27)(H,24,25). The zero-order valence-electron chi connectivity index (χ0n) is 79.1. The van der Waals surface area contributed by atoms with Crippen molar-refractivity contribution in [3.05, 3.63) is 180 Å². The molecule has 21 rings (SSSR count). The van der Waals surface area contributed by atoms with Crippen molar-refractivity contribution in [1.29, 1.82) is 0 Å². The third kappa shape index (κ3) is 21.7. The van der Waals surface area contributed by atoms with Gasteiger partial charge >= 0.3 is 0 Å². The fraction of sp³-hybridized carbons (Fsp3) is 0.455. The molecule has 0 atom stereocenters. The molecule has 35 heteroatoms. The van der Waals surface area contributed by atoms with Crippen molar-refractivity contribution in [3.63, 3.8) is 0 Å². The third-order valence-electron chi connectivity index (χ3n) is 28.2. The Morgan fingerprint density at radius 2 is 0.691 bits per heavy atom. The van der Waals surface area contributed by atoms with Gasteiger partial charge in [-0.05, 0) is 286 Å². The van der Waals surface area contributed by atoms with E-state index in [1.165, 1.54) is 12.8 Å². The molecule has 10 aromatic heterocycles. The van der Waals surface area contributed by atoms with Crippen LogP contribution in [0.4, 0.5) is 22.0 Å². The molecular weight excluding hydrogens is 1740 g/mol. The summed E-state index contributed by atoms with van der Waals surface area (Å²) in [6, 6.07) is 30.0. The molecule has 0 bridgehead atoms. The molecule has 6 saturated carbocycles. The van der Waals surface area contributed by atoms with E-state index in [4.69, 9.17) is 0 Å². The molecule has 30 nitrogen and oxygen atoms in total. The van der Waals surface area contributed by atoms with Crippen LogP contribution in [0.25, 0.3) is 110 Å². The number of rotatable bonds is 17. The number of nitrogens with one attached hydrogen (secondary N) is 10. The van der Waals surface area contributed by atoms with E-state index in [0.717, 1.165) is 134 Å². The molecule has 5 aromatic carbocycles. The van der Waals surface area contributed by atoms with E-state index in [9.17, 15) is 45.9 Å². The maximum atomic E-state index is 14.0. The van der Waals surface area contributed by atoms with Gasteiger partial charge in [0, 0.05) is 137 Å². The highest BCUT2D eigenvalue weighted by molar-refractivity contribution is 6.09. The number of carbonyl (C=O) groups excluding carboxylic acids is 5. The largest absolute Gasteiger partial charge is 0.348 e. The molecule has 15 aromatic rings. The number of benzene rings is 5. The van der Waals surface area contributed by atoms with Gasteiger partial charge in [0.1, 0.15) is 34.2 Å². The van der Waals surface area contributed by atoms with E-state index in [-0.39, 0.29) is 59.7 Å². The summed E-state index contributed by atoms with van der Waals surface area (Å²) >= 11 is 0. The van der Waals surface area contributed by atoms with Gasteiger partial charge in [-0.25, -0.2) is 26.9 Å². The van der Waals surface area contributed by atoms with Crippen molar-refractivity contribution in [3.8, 4) is 55.8 Å². The van der Waals surface area contributed by atoms with Crippen molar-refractivity contribution in [2.75, 3.05) is 0 Å². The molecule has 6 fully saturated rings. The summed E-state index contributed by atoms with van der Waals surface area (Å²) in [6.07, 6.45) is 27.1. The number of imidazole rings is 1. The molecule has 714 valence electrons. The minimum absolute atomic E-state index is 0.000885. The van der Waals surface area contributed by atoms with Gasteiger partial charge in [-0.1, -0.05) is 30.3 Å². The Hall–Kier alpha value is -13.5. The van der Waals surface area contributed by atoms with Gasteiger partial charge in [0.2, 0.25) is 0 Å². The number of nitrogens with zero attached hydrogens (tertiary/aromatic N) is 15. The lowest BCUT2D eigenvalue weighted by atomic mass is 9.85. The van der Waals surface area contributed by atoms with Crippen LogP contribution in [0, 0.1) is 20.8 Å². The van der Waals surface area contributed by atoms with Gasteiger partial charge in [0.25, 0.3) is 29.5 Å². The number of carbonyl (C=O) groups is 5. The molecule has 0 unspecified atom stereocenters. The van der Waals surface area contributed by atoms with Crippen LogP contribution in [0.2, 0.25) is 0 Å².